The first-order valence-corrected chi connectivity index (χ1v) is 11.1. The minimum Gasteiger partial charge on any atom is -0.423 e. The Morgan fingerprint density at radius 3 is 2.89 bits per heavy atom. The molecule has 1 atom stereocenters. The third-order valence-electron chi connectivity index (χ3n) is 5.45. The van der Waals surface area contributed by atoms with Crippen LogP contribution < -0.4 is 16.0 Å². The number of fused-ring (bicyclic) bond motifs is 1. The smallest absolute Gasteiger partial charge is 0.302 e. The van der Waals surface area contributed by atoms with Gasteiger partial charge in [0.05, 0.1) is 24.1 Å². The number of imidazole rings is 1. The highest BCUT2D eigenvalue weighted by Gasteiger charge is 2.31. The molecule has 2 aromatic heterocycles. The van der Waals surface area contributed by atoms with E-state index in [2.05, 4.69) is 25.9 Å². The van der Waals surface area contributed by atoms with E-state index < -0.39 is 11.9 Å². The van der Waals surface area contributed by atoms with Gasteiger partial charge in [-0.15, -0.1) is 0 Å². The van der Waals surface area contributed by atoms with Crippen molar-refractivity contribution in [2.75, 3.05) is 5.32 Å². The first kappa shape index (κ1) is 22.6. The molecule has 4 aromatic rings. The Morgan fingerprint density at radius 2 is 2.11 bits per heavy atom. The van der Waals surface area contributed by atoms with Gasteiger partial charge in [-0.1, -0.05) is 29.8 Å². The molecule has 0 aliphatic carbocycles. The SMILES string of the molecule is CC1=C(C(=O)NCc2cn(C)cn2)C(c2ccccc2Cl)N=C(Nc2nc3ccc(F)cc3o2)N1. The van der Waals surface area contributed by atoms with E-state index in [0.717, 1.165) is 5.69 Å². The van der Waals surface area contributed by atoms with Crippen molar-refractivity contribution in [1.29, 1.82) is 0 Å². The molecule has 1 aliphatic rings. The first-order chi connectivity index (χ1) is 16.9. The van der Waals surface area contributed by atoms with E-state index in [1.54, 1.807) is 19.3 Å². The van der Waals surface area contributed by atoms with Gasteiger partial charge in [0.15, 0.2) is 5.58 Å². The van der Waals surface area contributed by atoms with Crippen molar-refractivity contribution < 1.29 is 13.6 Å². The maximum atomic E-state index is 13.5. The Hall–Kier alpha value is -4.18. The number of benzene rings is 2. The molecule has 2 aromatic carbocycles. The highest BCUT2D eigenvalue weighted by atomic mass is 35.5. The molecule has 35 heavy (non-hydrogen) atoms. The second kappa shape index (κ2) is 9.22. The number of hydrogen-bond acceptors (Lipinski definition) is 7. The second-order valence-electron chi connectivity index (χ2n) is 8.03. The first-order valence-electron chi connectivity index (χ1n) is 10.8. The fourth-order valence-electron chi connectivity index (χ4n) is 3.83. The lowest BCUT2D eigenvalue weighted by Gasteiger charge is -2.27. The van der Waals surface area contributed by atoms with Crippen LogP contribution in [-0.2, 0) is 18.4 Å². The molecule has 0 saturated heterocycles. The predicted molar refractivity (Wildman–Crippen MR) is 130 cm³/mol. The molecule has 0 fully saturated rings. The summed E-state index contributed by atoms with van der Waals surface area (Å²) in [6.07, 6.45) is 3.50. The molecule has 11 heteroatoms. The van der Waals surface area contributed by atoms with Gasteiger partial charge in [-0.3, -0.25) is 10.1 Å². The van der Waals surface area contributed by atoms with Gasteiger partial charge in [0.1, 0.15) is 17.4 Å². The summed E-state index contributed by atoms with van der Waals surface area (Å²) in [5.41, 5.74) is 3.18. The number of carbonyl (C=O) groups is 1. The average Bonchev–Trinajstić information content (AvgIpc) is 3.42. The highest BCUT2D eigenvalue weighted by molar-refractivity contribution is 6.31. The van der Waals surface area contributed by atoms with Crippen LogP contribution in [0, 0.1) is 5.82 Å². The molecule has 5 rings (SSSR count). The van der Waals surface area contributed by atoms with E-state index in [1.165, 1.54) is 18.2 Å². The molecule has 1 amide bonds. The van der Waals surface area contributed by atoms with Crippen molar-refractivity contribution in [3.8, 4) is 0 Å². The topological polar surface area (TPSA) is 109 Å². The molecule has 0 spiro atoms. The van der Waals surface area contributed by atoms with Crippen LogP contribution in [0.3, 0.4) is 0 Å². The monoisotopic (exact) mass is 493 g/mol. The van der Waals surface area contributed by atoms with Crippen molar-refractivity contribution in [1.82, 2.24) is 25.2 Å². The number of aromatic nitrogens is 3. The van der Waals surface area contributed by atoms with Crippen LogP contribution in [0.2, 0.25) is 5.02 Å². The number of carbonyl (C=O) groups excluding carboxylic acids is 1. The summed E-state index contributed by atoms with van der Waals surface area (Å²) in [7, 11) is 1.86. The largest absolute Gasteiger partial charge is 0.423 e. The van der Waals surface area contributed by atoms with Crippen LogP contribution in [0.25, 0.3) is 11.1 Å². The quantitative estimate of drug-likeness (QED) is 0.387. The number of guanidine groups is 1. The number of oxazole rings is 1. The fourth-order valence-corrected chi connectivity index (χ4v) is 4.07. The summed E-state index contributed by atoms with van der Waals surface area (Å²) in [6.45, 7) is 2.04. The van der Waals surface area contributed by atoms with Crippen molar-refractivity contribution in [3.05, 3.63) is 88.4 Å². The number of aryl methyl sites for hydroxylation is 1. The van der Waals surface area contributed by atoms with Gasteiger partial charge < -0.3 is 19.6 Å². The van der Waals surface area contributed by atoms with Crippen LogP contribution in [0.4, 0.5) is 10.4 Å². The van der Waals surface area contributed by atoms with Gasteiger partial charge in [0.25, 0.3) is 5.91 Å². The van der Waals surface area contributed by atoms with Crippen molar-refractivity contribution in [2.24, 2.45) is 12.0 Å². The standard InChI is InChI=1S/C24H21ClFN7O2/c1-13-20(22(34)27-10-15-11-33(2)12-28-15)21(16-5-3-4-6-17(16)25)31-23(29-13)32-24-30-18-8-7-14(26)9-19(18)35-24/h3-9,11-12,21H,10H2,1-2H3,(H,27,34)(H2,29,30,31,32). The van der Waals surface area contributed by atoms with Gasteiger partial charge >= 0.3 is 6.01 Å². The molecular weight excluding hydrogens is 473 g/mol. The van der Waals surface area contributed by atoms with E-state index in [9.17, 15) is 9.18 Å². The Labute approximate surface area is 204 Å². The number of nitrogens with one attached hydrogen (secondary N) is 3. The van der Waals surface area contributed by atoms with Crippen molar-refractivity contribution in [2.45, 2.75) is 19.5 Å². The molecule has 1 unspecified atom stereocenters. The van der Waals surface area contributed by atoms with E-state index in [1.807, 2.05) is 36.0 Å². The van der Waals surface area contributed by atoms with Gasteiger partial charge in [0, 0.05) is 35.6 Å². The van der Waals surface area contributed by atoms with E-state index in [4.69, 9.17) is 21.0 Å². The maximum absolute atomic E-state index is 13.5. The van der Waals surface area contributed by atoms with E-state index >= 15 is 0 Å². The number of anilines is 1. The number of aliphatic imine (C=N–C) groups is 1. The summed E-state index contributed by atoms with van der Waals surface area (Å²) in [4.78, 5) is 26.5. The van der Waals surface area contributed by atoms with Crippen molar-refractivity contribution >= 4 is 40.6 Å². The van der Waals surface area contributed by atoms with Gasteiger partial charge in [-0.25, -0.2) is 14.4 Å². The maximum Gasteiger partial charge on any atom is 0.302 e. The van der Waals surface area contributed by atoms with Crippen LogP contribution >= 0.6 is 11.6 Å². The summed E-state index contributed by atoms with van der Waals surface area (Å²) in [5.74, 6) is -0.418. The molecule has 0 saturated carbocycles. The summed E-state index contributed by atoms with van der Waals surface area (Å²) < 4.78 is 20.9. The van der Waals surface area contributed by atoms with Crippen LogP contribution in [-0.4, -0.2) is 26.4 Å². The minimum absolute atomic E-state index is 0.130. The van der Waals surface area contributed by atoms with Gasteiger partial charge in [-0.05, 0) is 25.1 Å². The zero-order valence-corrected chi connectivity index (χ0v) is 19.6. The molecule has 9 nitrogen and oxygen atoms in total. The Kier molecular flexibility index (Phi) is 5.96. The molecule has 1 aliphatic heterocycles. The number of rotatable bonds is 5. The van der Waals surface area contributed by atoms with Crippen LogP contribution in [0.15, 0.2) is 75.7 Å². The van der Waals surface area contributed by atoms with Gasteiger partial charge in [0.2, 0.25) is 5.96 Å². The average molecular weight is 494 g/mol. The molecule has 3 heterocycles. The lowest BCUT2D eigenvalue weighted by atomic mass is 9.95. The van der Waals surface area contributed by atoms with Gasteiger partial charge in [-0.2, -0.15) is 4.98 Å². The number of halogens is 2. The molecule has 178 valence electrons. The summed E-state index contributed by atoms with van der Waals surface area (Å²) in [5, 5.41) is 9.45. The number of nitrogens with zero attached hydrogens (tertiary/aromatic N) is 4. The summed E-state index contributed by atoms with van der Waals surface area (Å²) in [6, 6.07) is 10.7. The zero-order chi connectivity index (χ0) is 24.5. The number of hydrogen-bond donors (Lipinski definition) is 3. The summed E-state index contributed by atoms with van der Waals surface area (Å²) >= 11 is 6.48. The third-order valence-corrected chi connectivity index (χ3v) is 5.79. The van der Waals surface area contributed by atoms with Crippen LogP contribution in [0.1, 0.15) is 24.2 Å². The second-order valence-corrected chi connectivity index (χ2v) is 8.44. The van der Waals surface area contributed by atoms with Crippen LogP contribution in [0.5, 0.6) is 0 Å². The molecule has 0 bridgehead atoms. The lowest BCUT2D eigenvalue weighted by molar-refractivity contribution is -0.118. The molecular formula is C24H21ClFN7O2. The lowest BCUT2D eigenvalue weighted by Crippen LogP contribution is -2.39. The normalized spacial score (nSPS) is 15.7. The third kappa shape index (κ3) is 4.73. The minimum atomic E-state index is -0.696. The number of amides is 1. The fraction of sp³-hybridized carbons (Fsp3) is 0.167. The highest BCUT2D eigenvalue weighted by Crippen LogP contribution is 2.35. The molecule has 0 radical (unpaired) electrons. The molecule has 3 N–H and O–H groups in total. The number of allylic oxidation sites excluding steroid dienone is 1. The Morgan fingerprint density at radius 1 is 1.29 bits per heavy atom. The van der Waals surface area contributed by atoms with E-state index in [0.29, 0.717) is 38.9 Å². The Balaban J connectivity index is 1.44. The zero-order valence-electron chi connectivity index (χ0n) is 18.8. The van der Waals surface area contributed by atoms with Crippen molar-refractivity contribution in [3.63, 3.8) is 0 Å². The predicted octanol–water partition coefficient (Wildman–Crippen LogP) is 4.06. The Bertz CT molecular complexity index is 1490. The van der Waals surface area contributed by atoms with E-state index in [-0.39, 0.29) is 18.5 Å².